The number of terminal acetylenes is 1. The van der Waals surface area contributed by atoms with Crippen molar-refractivity contribution in [2.45, 2.75) is 76.5 Å². The molecule has 11 rings (SSSR count). The number of aliphatic hydroxyl groups is 1. The summed E-state index contributed by atoms with van der Waals surface area (Å²) in [6, 6.07) is 11.5. The molecule has 5 aromatic rings. The minimum Gasteiger partial charge on any atom is -0.463 e. The van der Waals surface area contributed by atoms with Crippen molar-refractivity contribution in [2.24, 2.45) is 11.3 Å². The zero-order valence-electron chi connectivity index (χ0n) is 39.5. The molecular weight excluding hydrogens is 895 g/mol. The second-order valence-electron chi connectivity index (χ2n) is 20.8. The summed E-state index contributed by atoms with van der Waals surface area (Å²) in [4.78, 5) is 62.6. The van der Waals surface area contributed by atoms with Crippen LogP contribution in [0, 0.1) is 35.3 Å². The summed E-state index contributed by atoms with van der Waals surface area (Å²) >= 11 is 0. The third-order valence-corrected chi connectivity index (χ3v) is 15.6. The van der Waals surface area contributed by atoms with Crippen LogP contribution in [-0.2, 0) is 16.1 Å². The van der Waals surface area contributed by atoms with E-state index in [1.807, 2.05) is 17.0 Å². The third-order valence-electron chi connectivity index (χ3n) is 15.6. The zero-order valence-corrected chi connectivity index (χ0v) is 39.5. The molecule has 17 heteroatoms. The molecule has 2 atom stereocenters. The van der Waals surface area contributed by atoms with Crippen molar-refractivity contribution in [1.82, 2.24) is 35.0 Å². The number of rotatable bonds is 11. The molecule has 7 heterocycles. The van der Waals surface area contributed by atoms with E-state index in [1.165, 1.54) is 12.3 Å². The lowest BCUT2D eigenvalue weighted by Gasteiger charge is -2.40. The van der Waals surface area contributed by atoms with E-state index in [-0.39, 0.29) is 58.5 Å². The monoisotopic (exact) mass is 952 g/mol. The predicted octanol–water partition coefficient (Wildman–Crippen LogP) is 5.49. The number of likely N-dealkylation sites (tertiary alicyclic amines) is 1. The summed E-state index contributed by atoms with van der Waals surface area (Å²) in [6.45, 7) is 11.1. The van der Waals surface area contributed by atoms with Crippen molar-refractivity contribution in [3.8, 4) is 29.6 Å². The van der Waals surface area contributed by atoms with Crippen LogP contribution in [0.15, 0.2) is 48.7 Å². The van der Waals surface area contributed by atoms with Crippen LogP contribution in [0.3, 0.4) is 0 Å². The number of nitrogens with two attached hydrogens (primary N) is 1. The number of fused-ring (bicyclic) bond motifs is 3. The standard InChI is InChI=1S/C53H58F2N10O5/c1-3-37-41(54)8-5-33-23-35(56)25-39(44(33)37)46-45(55)47-40(26-57-46)48(64-16-4-13-52(2,69)29-64)60-51(59-47)70-31-53(14-15-53)30-62-17-11-32(12-18-62)27-61-19-21-63(22-20-61)36-6-7-38-34(24-36)28-65(50(38)68)42-9-10-43(66)58-49(42)67/h1,5-8,23-26,32,42,69H,4,9-22,27-31,56H2,2H3,(H,58,66,67)/t42-,52+/m0/s1. The number of carbonyl (C=O) groups excluding carboxylic acids is 3. The number of anilines is 3. The Morgan fingerprint density at radius 3 is 2.47 bits per heavy atom. The van der Waals surface area contributed by atoms with Gasteiger partial charge in [0.2, 0.25) is 11.8 Å². The molecule has 1 saturated carbocycles. The van der Waals surface area contributed by atoms with Crippen LogP contribution in [0.2, 0.25) is 0 Å². The van der Waals surface area contributed by atoms with Crippen molar-refractivity contribution >= 4 is 56.6 Å². The Bertz CT molecular complexity index is 2980. The number of nitrogens with one attached hydrogen (secondary N) is 1. The fourth-order valence-corrected chi connectivity index (χ4v) is 11.6. The van der Waals surface area contributed by atoms with Gasteiger partial charge in [-0.15, -0.1) is 6.42 Å². The summed E-state index contributed by atoms with van der Waals surface area (Å²) in [7, 11) is 0. The Morgan fingerprint density at radius 1 is 0.929 bits per heavy atom. The number of nitrogens with zero attached hydrogens (tertiary/aromatic N) is 8. The van der Waals surface area contributed by atoms with E-state index < -0.39 is 29.2 Å². The molecule has 5 aliphatic heterocycles. The molecule has 3 aromatic carbocycles. The number of benzene rings is 3. The van der Waals surface area contributed by atoms with Crippen LogP contribution < -0.4 is 25.6 Å². The highest BCUT2D eigenvalue weighted by molar-refractivity contribution is 6.06. The summed E-state index contributed by atoms with van der Waals surface area (Å²) in [5, 5.41) is 14.7. The molecule has 364 valence electrons. The van der Waals surface area contributed by atoms with Gasteiger partial charge in [-0.2, -0.15) is 9.97 Å². The first kappa shape index (κ1) is 45.9. The van der Waals surface area contributed by atoms with Gasteiger partial charge >= 0.3 is 6.01 Å². The average molecular weight is 953 g/mol. The molecule has 70 heavy (non-hydrogen) atoms. The molecule has 4 N–H and O–H groups in total. The van der Waals surface area contributed by atoms with Crippen LogP contribution in [-0.4, -0.2) is 136 Å². The molecule has 5 fully saturated rings. The number of halogens is 2. The third kappa shape index (κ3) is 8.85. The van der Waals surface area contributed by atoms with Crippen molar-refractivity contribution < 1.29 is 33.0 Å². The van der Waals surface area contributed by atoms with Gasteiger partial charge in [-0.1, -0.05) is 12.0 Å². The van der Waals surface area contributed by atoms with Crippen LogP contribution in [0.4, 0.5) is 26.0 Å². The number of amides is 3. The minimum absolute atomic E-state index is 0.00112. The Kier molecular flexibility index (Phi) is 11.8. The molecule has 0 bridgehead atoms. The van der Waals surface area contributed by atoms with Gasteiger partial charge < -0.3 is 35.2 Å². The number of nitrogen functional groups attached to an aromatic ring is 1. The number of imide groups is 1. The predicted molar refractivity (Wildman–Crippen MR) is 262 cm³/mol. The Morgan fingerprint density at radius 2 is 1.73 bits per heavy atom. The number of hydrogen-bond donors (Lipinski definition) is 3. The second-order valence-corrected chi connectivity index (χ2v) is 20.8. The van der Waals surface area contributed by atoms with Crippen LogP contribution in [0.25, 0.3) is 32.9 Å². The van der Waals surface area contributed by atoms with Gasteiger partial charge in [0.05, 0.1) is 23.2 Å². The van der Waals surface area contributed by atoms with Gasteiger partial charge in [0.15, 0.2) is 5.82 Å². The minimum atomic E-state index is -0.972. The molecule has 15 nitrogen and oxygen atoms in total. The van der Waals surface area contributed by atoms with Gasteiger partial charge in [-0.25, -0.2) is 8.78 Å². The maximum atomic E-state index is 17.1. The second kappa shape index (κ2) is 18.0. The highest BCUT2D eigenvalue weighted by Crippen LogP contribution is 2.47. The average Bonchev–Trinajstić information content (AvgIpc) is 4.04. The van der Waals surface area contributed by atoms with Gasteiger partial charge in [0.1, 0.15) is 28.9 Å². The fourth-order valence-electron chi connectivity index (χ4n) is 11.6. The Labute approximate surface area is 405 Å². The van der Waals surface area contributed by atoms with E-state index in [9.17, 15) is 19.5 Å². The number of hydrogen-bond acceptors (Lipinski definition) is 13. The number of carbonyl (C=O) groups is 3. The molecule has 6 aliphatic rings. The van der Waals surface area contributed by atoms with E-state index in [2.05, 4.69) is 42.0 Å². The highest BCUT2D eigenvalue weighted by atomic mass is 19.1. The first-order valence-corrected chi connectivity index (χ1v) is 24.7. The first-order valence-electron chi connectivity index (χ1n) is 24.7. The molecule has 3 amide bonds. The lowest BCUT2D eigenvalue weighted by Crippen LogP contribution is -2.52. The van der Waals surface area contributed by atoms with E-state index in [0.717, 1.165) is 89.3 Å². The Hall–Kier alpha value is -6.48. The number of pyridine rings is 1. The number of ether oxygens (including phenoxy) is 1. The number of piperazine rings is 1. The largest absolute Gasteiger partial charge is 0.463 e. The van der Waals surface area contributed by atoms with Crippen molar-refractivity contribution in [1.29, 1.82) is 0 Å². The summed E-state index contributed by atoms with van der Waals surface area (Å²) in [6.07, 6.45) is 13.5. The normalized spacial score (nSPS) is 23.2. The fraction of sp³-hybridized carbons (Fsp3) is 0.472. The van der Waals surface area contributed by atoms with Crippen LogP contribution in [0.1, 0.15) is 79.8 Å². The lowest BCUT2D eigenvalue weighted by molar-refractivity contribution is -0.136. The molecular formula is C53H58F2N10O5. The maximum Gasteiger partial charge on any atom is 0.319 e. The van der Waals surface area contributed by atoms with Crippen molar-refractivity contribution in [2.75, 3.05) is 87.6 Å². The zero-order chi connectivity index (χ0) is 48.5. The summed E-state index contributed by atoms with van der Waals surface area (Å²) in [5.74, 6) is 1.28. The molecule has 0 spiro atoms. The quantitative estimate of drug-likeness (QED) is 0.0863. The van der Waals surface area contributed by atoms with Crippen molar-refractivity contribution in [3.05, 3.63) is 77.0 Å². The number of piperidine rings is 3. The summed E-state index contributed by atoms with van der Waals surface area (Å²) in [5.41, 5.74) is 8.40. The van der Waals surface area contributed by atoms with E-state index in [0.29, 0.717) is 78.1 Å². The topological polar surface area (TPSA) is 174 Å². The lowest BCUT2D eigenvalue weighted by atomic mass is 9.94. The van der Waals surface area contributed by atoms with E-state index >= 15 is 8.78 Å². The Balaban J connectivity index is 0.724. The van der Waals surface area contributed by atoms with Crippen LogP contribution >= 0.6 is 0 Å². The number of aromatic nitrogens is 3. The van der Waals surface area contributed by atoms with Gasteiger partial charge in [0.25, 0.3) is 5.91 Å². The highest BCUT2D eigenvalue weighted by Gasteiger charge is 2.46. The molecule has 1 aliphatic carbocycles. The molecule has 2 aromatic heterocycles. The van der Waals surface area contributed by atoms with E-state index in [4.69, 9.17) is 21.9 Å². The number of β-amino-alcohol motifs (C(OH)–C–C–N with tert-alkyl or cyclic N) is 1. The van der Waals surface area contributed by atoms with Crippen molar-refractivity contribution in [3.63, 3.8) is 0 Å². The molecule has 0 unspecified atom stereocenters. The maximum absolute atomic E-state index is 17.1. The van der Waals surface area contributed by atoms with Gasteiger partial charge in [-0.3, -0.25) is 29.6 Å². The summed E-state index contributed by atoms with van der Waals surface area (Å²) < 4.78 is 38.6. The SMILES string of the molecule is C#Cc1c(F)ccc2cc(N)cc(-c3ncc4c(N5CCC[C@@](C)(O)C5)nc(OCC5(CN6CCC(CN7CCN(c8ccc9c(c8)CN([C@H]8CCC(=O)NC8=O)C9=O)CC7)CC6)CC5)nc4c3F)c12. The van der Waals surface area contributed by atoms with Gasteiger partial charge in [-0.05, 0) is 118 Å². The van der Waals surface area contributed by atoms with Crippen LogP contribution in [0.5, 0.6) is 6.01 Å². The van der Waals surface area contributed by atoms with Gasteiger partial charge in [0, 0.05) is 105 Å². The van der Waals surface area contributed by atoms with E-state index in [1.54, 1.807) is 30.0 Å². The molecule has 4 saturated heterocycles. The first-order chi connectivity index (χ1) is 33.7. The molecule has 0 radical (unpaired) electrons. The smallest absolute Gasteiger partial charge is 0.319 e.